The first-order chi connectivity index (χ1) is 72.0. The van der Waals surface area contributed by atoms with Crippen LogP contribution in [0, 0.1) is 27.7 Å². The minimum atomic E-state index is -3.77. The molecular weight excluding hydrogens is 2010 g/mol. The first-order valence-corrected chi connectivity index (χ1v) is 55.2. The van der Waals surface area contributed by atoms with Crippen LogP contribution in [-0.4, -0.2) is 247 Å². The van der Waals surface area contributed by atoms with Gasteiger partial charge in [-0.15, -0.1) is 56.7 Å². The van der Waals surface area contributed by atoms with Crippen molar-refractivity contribution in [3.05, 3.63) is 251 Å². The number of fused-ring (bicyclic) bond motifs is 15. The van der Waals surface area contributed by atoms with Crippen LogP contribution in [0.4, 0.5) is 58.2 Å². The molecule has 2 fully saturated rings. The molecule has 10 aromatic heterocycles. The average Bonchev–Trinajstić information content (AvgIpc) is 1.66. The molecule has 0 saturated carbocycles. The fourth-order valence-electron chi connectivity index (χ4n) is 18.7. The first kappa shape index (κ1) is 106. The van der Waals surface area contributed by atoms with Gasteiger partial charge in [0.2, 0.25) is 51.6 Å². The Morgan fingerprint density at radius 3 is 0.867 bits per heavy atom. The van der Waals surface area contributed by atoms with Gasteiger partial charge in [0.15, 0.2) is 10.0 Å². The third-order valence-corrected chi connectivity index (χ3v) is 32.0. The number of amides is 4. The quantitative estimate of drug-likeness (QED) is 0.0346. The predicted molar refractivity (Wildman–Crippen MR) is 589 cm³/mol. The van der Waals surface area contributed by atoms with E-state index in [1.807, 2.05) is 105 Å². The van der Waals surface area contributed by atoms with Crippen LogP contribution >= 0.6 is 56.7 Å². The summed E-state index contributed by atoms with van der Waals surface area (Å²) in [6, 6.07) is 34.3. The number of benzene rings is 5. The number of anilines is 10. The molecular formula is C108H118N28O8S6. The molecule has 5 aromatic carbocycles. The molecule has 15 aromatic rings. The van der Waals surface area contributed by atoms with E-state index >= 15 is 0 Å². The minimum absolute atomic E-state index is 0.0329. The lowest BCUT2D eigenvalue weighted by molar-refractivity contribution is -0.131. The van der Waals surface area contributed by atoms with Crippen molar-refractivity contribution in [2.45, 2.75) is 157 Å². The van der Waals surface area contributed by atoms with E-state index in [9.17, 15) is 37.2 Å². The number of primary sulfonamides is 1. The van der Waals surface area contributed by atoms with Crippen LogP contribution in [0.2, 0.25) is 0 Å². The number of ketones is 2. The van der Waals surface area contributed by atoms with Crippen LogP contribution < -0.4 is 31.7 Å². The van der Waals surface area contributed by atoms with Gasteiger partial charge in [0.25, 0.3) is 11.8 Å². The summed E-state index contributed by atoms with van der Waals surface area (Å²) in [6.07, 6.45) is 19.2. The van der Waals surface area contributed by atoms with E-state index in [0.29, 0.717) is 111 Å². The highest BCUT2D eigenvalue weighted by atomic mass is 32.2. The number of thiazole rings is 5. The average molecular weight is 2130 g/mol. The molecule has 150 heavy (non-hydrogen) atoms. The lowest BCUT2D eigenvalue weighted by Crippen LogP contribution is -2.50. The normalized spacial score (nSPS) is 13.8. The number of aryl methyl sites for hydroxylation is 14. The second-order valence-corrected chi connectivity index (χ2v) is 46.2. The number of sulfonamides is 1. The number of nitrogens with zero attached hydrogens (tertiary/aromatic N) is 22. The van der Waals surface area contributed by atoms with Crippen molar-refractivity contribution in [1.29, 1.82) is 0 Å². The summed E-state index contributed by atoms with van der Waals surface area (Å²) in [5, 5.41) is 25.7. The zero-order valence-corrected chi connectivity index (χ0v) is 91.1. The Morgan fingerprint density at radius 2 is 0.587 bits per heavy atom. The Labute approximate surface area is 891 Å². The van der Waals surface area contributed by atoms with Crippen molar-refractivity contribution in [2.75, 3.05) is 121 Å². The van der Waals surface area contributed by atoms with Gasteiger partial charge in [-0.25, -0.2) is 88.3 Å². The predicted octanol–water partition coefficient (Wildman–Crippen LogP) is 16.1. The first-order valence-electron chi connectivity index (χ1n) is 49.6. The van der Waals surface area contributed by atoms with Crippen molar-refractivity contribution in [3.63, 3.8) is 0 Å². The molecule has 7 aliphatic rings. The SMILES string of the molecule is CC(=O)Cc1cccc(Nc2ncc3c(n2)-c2nc(C(=O)N4CCN(C(C)=O)CC4)sc2CC3)c1.CC(=O)Cc1cccc(Nc2ncc3c(n2)-c2nc(CN(C)C)sc2CC3)c1.CC(=O)N1CCN(C(=O)c2nc3c(s2)CCc2cnc(Nc4cc(C)cc(C)c4)nc2-3)CC1.CN(C)Cc1nc2c(s1)CCc1cnc(Nc3cccc(S(N)(=O)=O)c3)nc1-2.Cc1cc(C)cc(Nc2ncc3c(n2)-c2nc(CN(C)C)sc2CC3)c1. The van der Waals surface area contributed by atoms with Crippen molar-refractivity contribution < 1.29 is 37.2 Å². The number of nitrogens with one attached hydrogen (secondary N) is 5. The number of carbonyl (C=O) groups excluding carboxylic acids is 6. The third-order valence-electron chi connectivity index (χ3n) is 25.6. The van der Waals surface area contributed by atoms with Gasteiger partial charge in [-0.1, -0.05) is 42.5 Å². The number of hydrogen-bond acceptors (Lipinski definition) is 36. The van der Waals surface area contributed by atoms with E-state index in [2.05, 4.69) is 163 Å². The molecule has 0 spiro atoms. The lowest BCUT2D eigenvalue weighted by Gasteiger charge is -2.33. The maximum atomic E-state index is 13.1. The molecule has 0 radical (unpaired) electrons. The van der Waals surface area contributed by atoms with Gasteiger partial charge in [0.05, 0.1) is 33.4 Å². The summed E-state index contributed by atoms with van der Waals surface area (Å²) >= 11 is 8.20. The highest BCUT2D eigenvalue weighted by molar-refractivity contribution is 7.89. The number of carbonyl (C=O) groups is 6. The van der Waals surface area contributed by atoms with Crippen molar-refractivity contribution in [1.82, 2.24) is 109 Å². The second-order valence-electron chi connectivity index (χ2n) is 39.0. The van der Waals surface area contributed by atoms with Gasteiger partial charge in [0, 0.05) is 182 Å². The monoisotopic (exact) mass is 2130 g/mol. The topological polar surface area (TPSA) is 439 Å². The maximum Gasteiger partial charge on any atom is 0.282 e. The van der Waals surface area contributed by atoms with E-state index in [1.54, 1.807) is 82.1 Å². The molecule has 0 bridgehead atoms. The summed E-state index contributed by atoms with van der Waals surface area (Å²) in [4.78, 5) is 162. The summed E-state index contributed by atoms with van der Waals surface area (Å²) in [5.41, 5.74) is 25.1. The van der Waals surface area contributed by atoms with E-state index < -0.39 is 10.0 Å². The smallest absolute Gasteiger partial charge is 0.282 e. The third kappa shape index (κ3) is 26.2. The molecule has 2 saturated heterocycles. The summed E-state index contributed by atoms with van der Waals surface area (Å²) < 4.78 is 23.1. The van der Waals surface area contributed by atoms with Crippen molar-refractivity contribution in [3.8, 4) is 56.9 Å². The van der Waals surface area contributed by atoms with Crippen LogP contribution in [0.3, 0.4) is 0 Å². The summed E-state index contributed by atoms with van der Waals surface area (Å²) in [5.74, 6) is 2.71. The summed E-state index contributed by atoms with van der Waals surface area (Å²) in [7, 11) is 8.52. The van der Waals surface area contributed by atoms with Gasteiger partial charge in [0.1, 0.15) is 55.1 Å². The number of Topliss-reactive ketones (excluding diaryl/α,β-unsaturated/α-hetero) is 2. The molecule has 0 unspecified atom stereocenters. The molecule has 0 atom stereocenters. The molecule has 36 nitrogen and oxygen atoms in total. The van der Waals surface area contributed by atoms with Gasteiger partial charge >= 0.3 is 0 Å². The molecule has 7 N–H and O–H groups in total. The molecule has 42 heteroatoms. The van der Waals surface area contributed by atoms with Gasteiger partial charge in [-0.3, -0.25) is 28.8 Å². The molecule has 774 valence electrons. The van der Waals surface area contributed by atoms with Crippen LogP contribution in [-0.2, 0) is 126 Å². The van der Waals surface area contributed by atoms with Crippen molar-refractivity contribution in [2.24, 2.45) is 5.14 Å². The molecule has 5 aliphatic carbocycles. The van der Waals surface area contributed by atoms with E-state index in [1.165, 1.54) is 77.3 Å². The van der Waals surface area contributed by atoms with Crippen LogP contribution in [0.25, 0.3) is 56.9 Å². The zero-order chi connectivity index (χ0) is 105. The number of rotatable bonds is 23. The van der Waals surface area contributed by atoms with Gasteiger partial charge in [-0.05, 0) is 276 Å². The molecule has 12 heterocycles. The second kappa shape index (κ2) is 46.4. The lowest BCUT2D eigenvalue weighted by atomic mass is 10.00. The van der Waals surface area contributed by atoms with E-state index in [0.717, 1.165) is 222 Å². The number of piperazine rings is 2. The molecule has 4 amide bonds. The Balaban J connectivity index is 0.000000123. The van der Waals surface area contributed by atoms with Crippen LogP contribution in [0.5, 0.6) is 0 Å². The van der Waals surface area contributed by atoms with Crippen LogP contribution in [0.15, 0.2) is 145 Å². The molecule has 22 rings (SSSR count). The van der Waals surface area contributed by atoms with Gasteiger partial charge < -0.3 is 60.9 Å². The van der Waals surface area contributed by atoms with Crippen LogP contribution in [0.1, 0.15) is 148 Å². The number of hydrogen-bond donors (Lipinski definition) is 6. The maximum absolute atomic E-state index is 13.1. The molecule has 2 aliphatic heterocycles. The minimum Gasteiger partial charge on any atom is -0.339 e. The summed E-state index contributed by atoms with van der Waals surface area (Å²) in [6.45, 7) is 21.4. The largest absolute Gasteiger partial charge is 0.339 e. The highest BCUT2D eigenvalue weighted by Crippen LogP contribution is 2.43. The van der Waals surface area contributed by atoms with E-state index in [-0.39, 0.29) is 40.1 Å². The Kier molecular flexibility index (Phi) is 32.7. The Hall–Kier alpha value is -14.3. The van der Waals surface area contributed by atoms with Crippen molar-refractivity contribution >= 4 is 160 Å². The number of nitrogens with two attached hydrogens (primary N) is 1. The fraction of sp³-hybridized carbons (Fsp3) is 0.343. The van der Waals surface area contributed by atoms with E-state index in [4.69, 9.17) is 50.0 Å². The number of aromatic nitrogens is 15. The fourth-order valence-corrected chi connectivity index (χ4v) is 24.9. The van der Waals surface area contributed by atoms with Gasteiger partial charge in [-0.2, -0.15) is 0 Å². The Morgan fingerprint density at radius 1 is 0.320 bits per heavy atom. The standard InChI is InChI=1S/C25H26N6O3S.C24H26N6O2S.C21H23N5OS.C20H23N5S.C18H20N6O2S2/c1-15(32)12-17-4-3-5-19(13-17)27-25-26-14-18-6-7-20-22(21(18)29-25)28-23(35-20)24(34)31-10-8-30(9-11-31)16(2)33;1-14-10-15(2)12-18(11-14)26-24-25-13-17-4-5-19-21(20(17)28-24)27-22(33-19)23(32)30-8-6-29(7-9-30)16(3)31;1-13(27)9-14-5-4-6-16(10-14)23-21-22-11-15-7-8-17-20(19(15)25-21)24-18(28-17)12-26(2)3;1-12-7-13(2)9-15(8-12)22-20-21-10-14-5-6-16-19(18(14)24-20)23-17(26-16)11-25(3)4;1-24(2)10-15-22-17-14(27-15)7-6-11-9-20-18(23-16(11)17)21-12-4-3-5-13(8-12)28(19,25)26/h3-5,13-14H,6-12H2,1-2H3,(H,26,27,29);10-13H,4-9H2,1-3H3,(H,25,26,28);4-6,10-11H,7-9,12H2,1-3H3,(H,22,23,25);7-10H,5-6,11H2,1-4H3,(H,21,22,24);3-5,8-9H,6-7,10H2,1-2H3,(H2,19,25,26)(H,20,21,23). The zero-order valence-electron chi connectivity index (χ0n) is 86.2. The Bertz CT molecular complexity index is 7730. The highest BCUT2D eigenvalue weighted by Gasteiger charge is 2.35.